The number of benzene rings is 2. The van der Waals surface area contributed by atoms with Crippen molar-refractivity contribution in [1.29, 1.82) is 0 Å². The molecule has 1 heterocycles. The standard InChI is InChI=1S/C19H13Cl2F4N5O/c20-12-4-1-10(2-5-12)17(31)28-18(26-9-11-3-6-13(22)7-14(11)21)27-16-8-15(29-30-16)19(23,24)25/h1-8H,9H2,(H3,26,27,28,29,30,31). The molecule has 0 unspecified atom stereocenters. The van der Waals surface area contributed by atoms with Crippen molar-refractivity contribution in [2.45, 2.75) is 12.7 Å². The molecular formula is C19H13Cl2F4N5O. The summed E-state index contributed by atoms with van der Waals surface area (Å²) in [6.07, 6.45) is -4.63. The Balaban J connectivity index is 1.84. The van der Waals surface area contributed by atoms with Crippen molar-refractivity contribution in [1.82, 2.24) is 15.5 Å². The molecule has 0 saturated carbocycles. The number of alkyl halides is 3. The summed E-state index contributed by atoms with van der Waals surface area (Å²) >= 11 is 11.8. The van der Waals surface area contributed by atoms with E-state index in [4.69, 9.17) is 23.2 Å². The van der Waals surface area contributed by atoms with E-state index in [1.807, 2.05) is 5.10 Å². The van der Waals surface area contributed by atoms with Crippen LogP contribution in [0.3, 0.4) is 0 Å². The first-order valence-corrected chi connectivity index (χ1v) is 9.32. The van der Waals surface area contributed by atoms with Crippen molar-refractivity contribution in [3.8, 4) is 0 Å². The summed E-state index contributed by atoms with van der Waals surface area (Å²) in [6.45, 7) is -0.0983. The molecule has 12 heteroatoms. The lowest BCUT2D eigenvalue weighted by molar-refractivity contribution is -0.141. The van der Waals surface area contributed by atoms with Crippen molar-refractivity contribution in [2.24, 2.45) is 4.99 Å². The number of H-pyrrole nitrogens is 1. The molecule has 31 heavy (non-hydrogen) atoms. The van der Waals surface area contributed by atoms with Gasteiger partial charge in [-0.25, -0.2) is 9.38 Å². The van der Waals surface area contributed by atoms with Gasteiger partial charge in [-0.1, -0.05) is 29.3 Å². The average molecular weight is 474 g/mol. The first kappa shape index (κ1) is 22.6. The molecule has 3 aromatic rings. The number of carbonyl (C=O) groups is 1. The fraction of sp³-hybridized carbons (Fsp3) is 0.105. The summed E-state index contributed by atoms with van der Waals surface area (Å²) in [5.74, 6) is -1.56. The number of anilines is 1. The third kappa shape index (κ3) is 6.19. The van der Waals surface area contributed by atoms with Crippen LogP contribution in [-0.4, -0.2) is 22.1 Å². The fourth-order valence-corrected chi connectivity index (χ4v) is 2.71. The Hall–Kier alpha value is -3.11. The normalized spacial score (nSPS) is 12.0. The molecule has 0 radical (unpaired) electrons. The molecule has 0 spiro atoms. The van der Waals surface area contributed by atoms with Crippen molar-refractivity contribution in [3.05, 3.63) is 81.2 Å². The third-order valence-electron chi connectivity index (χ3n) is 3.89. The van der Waals surface area contributed by atoms with Crippen LogP contribution in [0.2, 0.25) is 10.0 Å². The highest BCUT2D eigenvalue weighted by molar-refractivity contribution is 6.31. The number of hydrogen-bond acceptors (Lipinski definition) is 3. The van der Waals surface area contributed by atoms with Gasteiger partial charge < -0.3 is 5.32 Å². The van der Waals surface area contributed by atoms with Gasteiger partial charge in [0, 0.05) is 21.7 Å². The van der Waals surface area contributed by atoms with Gasteiger partial charge in [-0.3, -0.25) is 15.2 Å². The lowest BCUT2D eigenvalue weighted by Crippen LogP contribution is -2.36. The second kappa shape index (κ2) is 9.36. The molecule has 0 atom stereocenters. The highest BCUT2D eigenvalue weighted by Gasteiger charge is 2.33. The van der Waals surface area contributed by atoms with E-state index >= 15 is 0 Å². The minimum absolute atomic E-state index is 0.0983. The largest absolute Gasteiger partial charge is 0.432 e. The van der Waals surface area contributed by atoms with Gasteiger partial charge in [-0.05, 0) is 42.0 Å². The summed E-state index contributed by atoms with van der Waals surface area (Å²) in [6, 6.07) is 10.3. The summed E-state index contributed by atoms with van der Waals surface area (Å²) in [5.41, 5.74) is -0.419. The first-order chi connectivity index (χ1) is 14.6. The zero-order valence-corrected chi connectivity index (χ0v) is 16.9. The summed E-state index contributed by atoms with van der Waals surface area (Å²) < 4.78 is 51.6. The quantitative estimate of drug-likeness (QED) is 0.274. The number of amides is 1. The van der Waals surface area contributed by atoms with Gasteiger partial charge >= 0.3 is 6.18 Å². The van der Waals surface area contributed by atoms with E-state index in [0.29, 0.717) is 10.6 Å². The molecule has 0 aliphatic rings. The molecule has 2 aromatic carbocycles. The van der Waals surface area contributed by atoms with Gasteiger partial charge in [0.1, 0.15) is 11.5 Å². The lowest BCUT2D eigenvalue weighted by Gasteiger charge is -2.11. The number of nitrogens with zero attached hydrogens (tertiary/aromatic N) is 2. The highest BCUT2D eigenvalue weighted by atomic mass is 35.5. The van der Waals surface area contributed by atoms with Gasteiger partial charge in [0.15, 0.2) is 5.82 Å². The second-order valence-corrected chi connectivity index (χ2v) is 6.99. The molecule has 0 aliphatic heterocycles. The lowest BCUT2D eigenvalue weighted by atomic mass is 10.2. The Bertz CT molecular complexity index is 1110. The van der Waals surface area contributed by atoms with Gasteiger partial charge in [0.05, 0.1) is 6.54 Å². The van der Waals surface area contributed by atoms with E-state index in [9.17, 15) is 22.4 Å². The maximum absolute atomic E-state index is 13.2. The Morgan fingerprint density at radius 3 is 2.42 bits per heavy atom. The van der Waals surface area contributed by atoms with Crippen LogP contribution in [0.15, 0.2) is 53.5 Å². The van der Waals surface area contributed by atoms with Crippen LogP contribution in [0.25, 0.3) is 0 Å². The number of aromatic nitrogens is 2. The van der Waals surface area contributed by atoms with E-state index in [1.165, 1.54) is 36.4 Å². The van der Waals surface area contributed by atoms with E-state index in [1.54, 1.807) is 0 Å². The number of guanidine groups is 1. The Labute approximate surface area is 183 Å². The van der Waals surface area contributed by atoms with E-state index < -0.39 is 23.6 Å². The molecule has 0 bridgehead atoms. The topological polar surface area (TPSA) is 82.2 Å². The number of aliphatic imine (C=N–C) groups is 1. The zero-order valence-electron chi connectivity index (χ0n) is 15.4. The Morgan fingerprint density at radius 1 is 1.10 bits per heavy atom. The van der Waals surface area contributed by atoms with Crippen molar-refractivity contribution in [3.63, 3.8) is 0 Å². The van der Waals surface area contributed by atoms with Crippen LogP contribution in [0.4, 0.5) is 23.4 Å². The van der Waals surface area contributed by atoms with E-state index in [-0.39, 0.29) is 28.9 Å². The van der Waals surface area contributed by atoms with Crippen molar-refractivity contribution >= 4 is 40.9 Å². The number of carbonyl (C=O) groups excluding carboxylic acids is 1. The molecule has 1 amide bonds. The summed E-state index contributed by atoms with van der Waals surface area (Å²) in [4.78, 5) is 16.6. The van der Waals surface area contributed by atoms with E-state index in [0.717, 1.165) is 12.1 Å². The van der Waals surface area contributed by atoms with Gasteiger partial charge in [-0.2, -0.15) is 18.3 Å². The van der Waals surface area contributed by atoms with Gasteiger partial charge in [0.25, 0.3) is 5.91 Å². The summed E-state index contributed by atoms with van der Waals surface area (Å²) in [5, 5.41) is 10.9. The molecule has 0 fully saturated rings. The molecular weight excluding hydrogens is 461 g/mol. The number of rotatable bonds is 4. The van der Waals surface area contributed by atoms with Crippen LogP contribution >= 0.6 is 23.2 Å². The van der Waals surface area contributed by atoms with Gasteiger partial charge in [-0.15, -0.1) is 0 Å². The number of halogens is 6. The van der Waals surface area contributed by atoms with Crippen LogP contribution in [-0.2, 0) is 12.7 Å². The minimum atomic E-state index is -4.63. The fourth-order valence-electron chi connectivity index (χ4n) is 2.36. The van der Waals surface area contributed by atoms with Crippen LogP contribution in [0, 0.1) is 5.82 Å². The van der Waals surface area contributed by atoms with Crippen LogP contribution in [0.5, 0.6) is 0 Å². The second-order valence-electron chi connectivity index (χ2n) is 6.15. The van der Waals surface area contributed by atoms with Crippen molar-refractivity contribution < 1.29 is 22.4 Å². The smallest absolute Gasteiger partial charge is 0.309 e. The predicted molar refractivity (Wildman–Crippen MR) is 109 cm³/mol. The summed E-state index contributed by atoms with van der Waals surface area (Å²) in [7, 11) is 0. The highest BCUT2D eigenvalue weighted by Crippen LogP contribution is 2.28. The molecule has 0 aliphatic carbocycles. The molecule has 0 saturated heterocycles. The third-order valence-corrected chi connectivity index (χ3v) is 4.49. The number of hydrogen-bond donors (Lipinski definition) is 3. The Morgan fingerprint density at radius 2 is 1.81 bits per heavy atom. The van der Waals surface area contributed by atoms with Crippen molar-refractivity contribution in [2.75, 3.05) is 5.32 Å². The van der Waals surface area contributed by atoms with Crippen LogP contribution < -0.4 is 10.6 Å². The average Bonchev–Trinajstić information content (AvgIpc) is 3.16. The molecule has 3 rings (SSSR count). The van der Waals surface area contributed by atoms with Gasteiger partial charge in [0.2, 0.25) is 5.96 Å². The predicted octanol–water partition coefficient (Wildman–Crippen LogP) is 5.27. The minimum Gasteiger partial charge on any atom is -0.309 e. The number of nitrogens with one attached hydrogen (secondary N) is 3. The molecule has 6 nitrogen and oxygen atoms in total. The van der Waals surface area contributed by atoms with Crippen LogP contribution in [0.1, 0.15) is 21.6 Å². The molecule has 3 N–H and O–H groups in total. The maximum atomic E-state index is 13.2. The zero-order chi connectivity index (χ0) is 22.6. The van der Waals surface area contributed by atoms with E-state index in [2.05, 4.69) is 20.7 Å². The monoisotopic (exact) mass is 473 g/mol. The maximum Gasteiger partial charge on any atom is 0.432 e. The molecule has 1 aromatic heterocycles. The number of aromatic amines is 1. The Kier molecular flexibility index (Phi) is 6.81. The molecule has 162 valence electrons. The SMILES string of the molecule is O=C(NC(=NCc1ccc(F)cc1Cl)Nc1cc(C(F)(F)F)[nH]n1)c1ccc(Cl)cc1. The first-order valence-electron chi connectivity index (χ1n) is 8.57.